The lowest BCUT2D eigenvalue weighted by Gasteiger charge is -2.09. The van der Waals surface area contributed by atoms with Gasteiger partial charge in [0.15, 0.2) is 17.0 Å². The first-order valence-corrected chi connectivity index (χ1v) is 9.40. The van der Waals surface area contributed by atoms with Crippen LogP contribution in [0.2, 0.25) is 0 Å². The molecule has 0 aliphatic carbocycles. The smallest absolute Gasteiger partial charge is 0.320 e. The van der Waals surface area contributed by atoms with E-state index in [4.69, 9.17) is 19.9 Å². The summed E-state index contributed by atoms with van der Waals surface area (Å²) in [6.07, 6.45) is 2.15. The summed E-state index contributed by atoms with van der Waals surface area (Å²) >= 11 is 0. The number of hydrogen-bond donors (Lipinski definition) is 1. The molecule has 0 spiro atoms. The Morgan fingerprint density at radius 2 is 1.83 bits per heavy atom. The van der Waals surface area contributed by atoms with Crippen molar-refractivity contribution >= 4 is 23.0 Å². The third-order valence-corrected chi connectivity index (χ3v) is 4.42. The minimum atomic E-state index is -0.275. The van der Waals surface area contributed by atoms with Gasteiger partial charge in [-0.1, -0.05) is 37.6 Å². The number of benzene rings is 1. The Hall–Kier alpha value is -3.36. The molecule has 2 heterocycles. The Labute approximate surface area is 168 Å². The molecule has 154 valence electrons. The number of unbranched alkanes of at least 4 members (excludes halogenated alkanes) is 1. The van der Waals surface area contributed by atoms with Crippen molar-refractivity contribution in [2.45, 2.75) is 32.7 Å². The Morgan fingerprint density at radius 1 is 1.10 bits per heavy atom. The van der Waals surface area contributed by atoms with Crippen LogP contribution in [0.5, 0.6) is 12.0 Å². The molecule has 0 saturated heterocycles. The predicted molar refractivity (Wildman–Crippen MR) is 108 cm³/mol. The van der Waals surface area contributed by atoms with Gasteiger partial charge >= 0.3 is 12.0 Å². The highest BCUT2D eigenvalue weighted by atomic mass is 16.5. The van der Waals surface area contributed by atoms with Gasteiger partial charge in [0.25, 0.3) is 6.01 Å². The number of ether oxygens (including phenoxy) is 3. The number of carbonyl (C=O) groups excluding carboxylic acids is 1. The van der Waals surface area contributed by atoms with Crippen LogP contribution < -0.4 is 15.2 Å². The molecule has 0 bridgehead atoms. The number of rotatable bonds is 9. The Bertz CT molecular complexity index is 985. The molecule has 0 unspecified atom stereocenters. The number of hydrogen-bond acceptors (Lipinski definition) is 8. The van der Waals surface area contributed by atoms with Crippen LogP contribution in [0.4, 0.5) is 5.82 Å². The maximum absolute atomic E-state index is 11.4. The van der Waals surface area contributed by atoms with E-state index in [1.165, 1.54) is 7.11 Å². The van der Waals surface area contributed by atoms with Crippen molar-refractivity contribution in [1.29, 1.82) is 0 Å². The van der Waals surface area contributed by atoms with Crippen molar-refractivity contribution in [3.63, 3.8) is 0 Å². The number of fused-ring (bicyclic) bond motifs is 1. The Morgan fingerprint density at radius 3 is 2.48 bits per heavy atom. The third-order valence-electron chi connectivity index (χ3n) is 4.42. The van der Waals surface area contributed by atoms with Crippen molar-refractivity contribution < 1.29 is 19.0 Å². The lowest BCUT2D eigenvalue weighted by atomic mass is 10.1. The van der Waals surface area contributed by atoms with Gasteiger partial charge in [-0.15, -0.1) is 0 Å². The van der Waals surface area contributed by atoms with Crippen LogP contribution in [0.15, 0.2) is 24.3 Å². The molecule has 3 aromatic rings. The molecule has 0 aliphatic heterocycles. The molecular weight excluding hydrogens is 374 g/mol. The molecule has 9 heteroatoms. The van der Waals surface area contributed by atoms with Gasteiger partial charge in [0, 0.05) is 0 Å². The lowest BCUT2D eigenvalue weighted by Crippen LogP contribution is -2.07. The second-order valence-electron chi connectivity index (χ2n) is 6.52. The number of anilines is 1. The molecule has 3 rings (SSSR count). The van der Waals surface area contributed by atoms with Crippen LogP contribution in [0, 0.1) is 0 Å². The summed E-state index contributed by atoms with van der Waals surface area (Å²) in [4.78, 5) is 24.5. The van der Waals surface area contributed by atoms with E-state index in [0.29, 0.717) is 30.3 Å². The van der Waals surface area contributed by atoms with Gasteiger partial charge in [-0.25, -0.2) is 0 Å². The van der Waals surface area contributed by atoms with Gasteiger partial charge in [0.2, 0.25) is 0 Å². The molecule has 2 aromatic heterocycles. The van der Waals surface area contributed by atoms with Gasteiger partial charge in [-0.05, 0) is 17.5 Å². The van der Waals surface area contributed by atoms with Crippen molar-refractivity contribution in [2.75, 3.05) is 26.6 Å². The second kappa shape index (κ2) is 9.22. The topological polar surface area (TPSA) is 114 Å². The molecular formula is C20H25N5O4. The second-order valence-corrected chi connectivity index (χ2v) is 6.52. The molecule has 0 aliphatic rings. The van der Waals surface area contributed by atoms with Crippen LogP contribution in [0.1, 0.15) is 30.9 Å². The zero-order valence-corrected chi connectivity index (χ0v) is 16.8. The normalized spacial score (nSPS) is 10.9. The summed E-state index contributed by atoms with van der Waals surface area (Å²) in [5.74, 6) is -0.0326. The fourth-order valence-electron chi connectivity index (χ4n) is 2.84. The van der Waals surface area contributed by atoms with Crippen molar-refractivity contribution in [2.24, 2.45) is 0 Å². The van der Waals surface area contributed by atoms with Crippen molar-refractivity contribution in [1.82, 2.24) is 19.5 Å². The van der Waals surface area contributed by atoms with Gasteiger partial charge in [-0.3, -0.25) is 9.36 Å². The van der Waals surface area contributed by atoms with E-state index in [1.807, 2.05) is 28.8 Å². The zero-order valence-electron chi connectivity index (χ0n) is 16.8. The van der Waals surface area contributed by atoms with Crippen LogP contribution in [-0.2, 0) is 22.5 Å². The largest absolute Gasteiger partial charge is 0.469 e. The van der Waals surface area contributed by atoms with Gasteiger partial charge in [-0.2, -0.15) is 15.0 Å². The minimum Gasteiger partial charge on any atom is -0.469 e. The molecule has 29 heavy (non-hydrogen) atoms. The van der Waals surface area contributed by atoms with E-state index in [2.05, 4.69) is 21.9 Å². The van der Waals surface area contributed by atoms with E-state index in [1.54, 1.807) is 7.11 Å². The SMILES string of the molecule is CCCCOc1nc(N)c2nc(OC)n(Cc3ccc(CC(=O)OC)cc3)c2n1. The number of carbonyl (C=O) groups is 1. The fraction of sp³-hybridized carbons (Fsp3) is 0.400. The summed E-state index contributed by atoms with van der Waals surface area (Å²) in [6, 6.07) is 8.26. The highest BCUT2D eigenvalue weighted by molar-refractivity contribution is 5.83. The van der Waals surface area contributed by atoms with E-state index in [9.17, 15) is 4.79 Å². The number of imidazole rings is 1. The Balaban J connectivity index is 1.89. The average Bonchev–Trinajstić information content (AvgIpc) is 3.07. The molecule has 2 N–H and O–H groups in total. The fourth-order valence-corrected chi connectivity index (χ4v) is 2.84. The standard InChI is InChI=1S/C20H25N5O4/c1-4-5-10-29-19-23-17(21)16-18(24-19)25(20(22-16)28-3)12-14-8-6-13(7-9-14)11-15(26)27-2/h6-9H,4-5,10-12H2,1-3H3,(H2,21,23,24). The van der Waals surface area contributed by atoms with Crippen molar-refractivity contribution in [3.8, 4) is 12.0 Å². The van der Waals surface area contributed by atoms with Crippen LogP contribution in [0.3, 0.4) is 0 Å². The molecule has 0 amide bonds. The number of aromatic nitrogens is 4. The molecule has 0 radical (unpaired) electrons. The molecule has 1 aromatic carbocycles. The number of nitrogens with two attached hydrogens (primary N) is 1. The highest BCUT2D eigenvalue weighted by Gasteiger charge is 2.18. The average molecular weight is 399 g/mol. The number of methoxy groups -OCH3 is 2. The maximum Gasteiger partial charge on any atom is 0.320 e. The summed E-state index contributed by atoms with van der Waals surface area (Å²) < 4.78 is 17.5. The summed E-state index contributed by atoms with van der Waals surface area (Å²) in [6.45, 7) is 3.07. The molecule has 0 fully saturated rings. The summed E-state index contributed by atoms with van der Waals surface area (Å²) in [5.41, 5.74) is 8.93. The lowest BCUT2D eigenvalue weighted by molar-refractivity contribution is -0.139. The number of nitrogens with zero attached hydrogens (tertiary/aromatic N) is 4. The highest BCUT2D eigenvalue weighted by Crippen LogP contribution is 2.26. The van der Waals surface area contributed by atoms with Gasteiger partial charge in [0.05, 0.1) is 33.8 Å². The van der Waals surface area contributed by atoms with Crippen LogP contribution >= 0.6 is 0 Å². The zero-order chi connectivity index (χ0) is 20.8. The molecule has 0 saturated carbocycles. The first kappa shape index (κ1) is 20.4. The van der Waals surface area contributed by atoms with E-state index >= 15 is 0 Å². The molecule has 0 atom stereocenters. The van der Waals surface area contributed by atoms with E-state index in [0.717, 1.165) is 24.0 Å². The number of nitrogen functional groups attached to an aromatic ring is 1. The molecule has 9 nitrogen and oxygen atoms in total. The van der Waals surface area contributed by atoms with Crippen LogP contribution in [0.25, 0.3) is 11.2 Å². The van der Waals surface area contributed by atoms with Crippen LogP contribution in [-0.4, -0.2) is 46.3 Å². The quantitative estimate of drug-likeness (QED) is 0.431. The Kier molecular flexibility index (Phi) is 6.48. The summed E-state index contributed by atoms with van der Waals surface area (Å²) in [5, 5.41) is 0. The first-order valence-electron chi connectivity index (χ1n) is 9.40. The maximum atomic E-state index is 11.4. The van der Waals surface area contributed by atoms with Gasteiger partial charge < -0.3 is 19.9 Å². The van der Waals surface area contributed by atoms with Gasteiger partial charge in [0.1, 0.15) is 0 Å². The first-order chi connectivity index (χ1) is 14.0. The van der Waals surface area contributed by atoms with E-state index < -0.39 is 0 Å². The monoisotopic (exact) mass is 399 g/mol. The minimum absolute atomic E-state index is 0.223. The summed E-state index contributed by atoms with van der Waals surface area (Å²) in [7, 11) is 2.92. The third kappa shape index (κ3) is 4.74. The number of esters is 1. The van der Waals surface area contributed by atoms with Crippen molar-refractivity contribution in [3.05, 3.63) is 35.4 Å². The van der Waals surface area contributed by atoms with E-state index in [-0.39, 0.29) is 24.2 Å². The predicted octanol–water partition coefficient (Wildman–Crippen LogP) is 2.36.